The van der Waals surface area contributed by atoms with Gasteiger partial charge in [-0.2, -0.15) is 0 Å². The van der Waals surface area contributed by atoms with Crippen molar-refractivity contribution in [2.24, 2.45) is 0 Å². The molecule has 10 heavy (non-hydrogen) atoms. The fourth-order valence-electron chi connectivity index (χ4n) is 0.577. The minimum absolute atomic E-state index is 0.372. The minimum Gasteiger partial charge on any atom is -0.234 e. The number of rotatable bonds is 2. The molecular formula is C7H8BrNS. The third kappa shape index (κ3) is 1.67. The number of allylic oxidation sites excluding steroid dienone is 1. The van der Waals surface area contributed by atoms with Gasteiger partial charge in [-0.3, -0.25) is 0 Å². The van der Waals surface area contributed by atoms with Crippen LogP contribution in [0.4, 0.5) is 0 Å². The standard InChI is InChI=1S/C7H8BrNS/c1-3-5(2)7-9-6(8)4-10-7/h3-5H,1H2,2H3/t5-/m0/s1. The molecule has 0 spiro atoms. The molecule has 0 saturated carbocycles. The van der Waals surface area contributed by atoms with Gasteiger partial charge >= 0.3 is 0 Å². The van der Waals surface area contributed by atoms with Gasteiger partial charge in [0, 0.05) is 11.3 Å². The van der Waals surface area contributed by atoms with Gasteiger partial charge in [-0.25, -0.2) is 4.98 Å². The van der Waals surface area contributed by atoms with E-state index >= 15 is 0 Å². The van der Waals surface area contributed by atoms with Gasteiger partial charge < -0.3 is 0 Å². The highest BCUT2D eigenvalue weighted by molar-refractivity contribution is 9.10. The molecule has 54 valence electrons. The number of halogens is 1. The van der Waals surface area contributed by atoms with E-state index in [0.717, 1.165) is 9.61 Å². The average Bonchev–Trinajstić information content (AvgIpc) is 2.34. The average molecular weight is 218 g/mol. The Balaban J connectivity index is 2.84. The summed E-state index contributed by atoms with van der Waals surface area (Å²) < 4.78 is 0.918. The SMILES string of the molecule is C=C[C@H](C)c1nc(Br)cs1. The van der Waals surface area contributed by atoms with Crippen molar-refractivity contribution in [2.75, 3.05) is 0 Å². The molecule has 0 N–H and O–H groups in total. The lowest BCUT2D eigenvalue weighted by Gasteiger charge is -1.96. The fraction of sp³-hybridized carbons (Fsp3) is 0.286. The smallest absolute Gasteiger partial charge is 0.117 e. The highest BCUT2D eigenvalue weighted by atomic mass is 79.9. The van der Waals surface area contributed by atoms with E-state index in [1.54, 1.807) is 11.3 Å². The number of hydrogen-bond donors (Lipinski definition) is 0. The molecule has 0 radical (unpaired) electrons. The Kier molecular flexibility index (Phi) is 2.63. The summed E-state index contributed by atoms with van der Waals surface area (Å²) in [5.74, 6) is 0.372. The summed E-state index contributed by atoms with van der Waals surface area (Å²) in [7, 11) is 0. The molecule has 0 aliphatic rings. The first-order valence-corrected chi connectivity index (χ1v) is 4.64. The summed E-state index contributed by atoms with van der Waals surface area (Å²) >= 11 is 4.95. The van der Waals surface area contributed by atoms with Gasteiger partial charge in [0.05, 0.1) is 0 Å². The molecule has 1 heterocycles. The van der Waals surface area contributed by atoms with Crippen LogP contribution >= 0.6 is 27.3 Å². The molecule has 1 aromatic rings. The van der Waals surface area contributed by atoms with Gasteiger partial charge in [0.2, 0.25) is 0 Å². The Morgan fingerprint density at radius 1 is 1.90 bits per heavy atom. The van der Waals surface area contributed by atoms with Crippen molar-refractivity contribution in [1.82, 2.24) is 4.98 Å². The van der Waals surface area contributed by atoms with Crippen LogP contribution in [0.5, 0.6) is 0 Å². The van der Waals surface area contributed by atoms with E-state index in [4.69, 9.17) is 0 Å². The quantitative estimate of drug-likeness (QED) is 0.694. The first-order valence-electron chi connectivity index (χ1n) is 2.97. The molecule has 0 unspecified atom stereocenters. The first-order chi connectivity index (χ1) is 4.74. The van der Waals surface area contributed by atoms with Crippen LogP contribution in [0.2, 0.25) is 0 Å². The molecule has 0 aromatic carbocycles. The summed E-state index contributed by atoms with van der Waals surface area (Å²) in [5, 5.41) is 3.09. The van der Waals surface area contributed by atoms with Crippen LogP contribution in [0.3, 0.4) is 0 Å². The Bertz CT molecular complexity index is 231. The van der Waals surface area contributed by atoms with Crippen LogP contribution in [0, 0.1) is 0 Å². The lowest BCUT2D eigenvalue weighted by atomic mass is 10.2. The van der Waals surface area contributed by atoms with Crippen molar-refractivity contribution in [3.8, 4) is 0 Å². The van der Waals surface area contributed by atoms with E-state index in [9.17, 15) is 0 Å². The Morgan fingerprint density at radius 3 is 3.00 bits per heavy atom. The molecule has 1 rings (SSSR count). The van der Waals surface area contributed by atoms with Crippen LogP contribution in [-0.4, -0.2) is 4.98 Å². The fourth-order valence-corrected chi connectivity index (χ4v) is 1.90. The van der Waals surface area contributed by atoms with E-state index < -0.39 is 0 Å². The van der Waals surface area contributed by atoms with Gasteiger partial charge in [0.15, 0.2) is 0 Å². The molecule has 3 heteroatoms. The Morgan fingerprint density at radius 2 is 2.60 bits per heavy atom. The van der Waals surface area contributed by atoms with Crippen LogP contribution < -0.4 is 0 Å². The molecule has 0 amide bonds. The van der Waals surface area contributed by atoms with Gasteiger partial charge in [-0.05, 0) is 15.9 Å². The van der Waals surface area contributed by atoms with E-state index in [0.29, 0.717) is 5.92 Å². The van der Waals surface area contributed by atoms with Crippen LogP contribution in [-0.2, 0) is 0 Å². The van der Waals surface area contributed by atoms with E-state index in [2.05, 4.69) is 34.4 Å². The third-order valence-corrected chi connectivity index (χ3v) is 2.99. The van der Waals surface area contributed by atoms with Crippen LogP contribution in [0.15, 0.2) is 22.6 Å². The summed E-state index contributed by atoms with van der Waals surface area (Å²) in [6, 6.07) is 0. The molecule has 0 aliphatic heterocycles. The van der Waals surface area contributed by atoms with Crippen molar-refractivity contribution in [1.29, 1.82) is 0 Å². The van der Waals surface area contributed by atoms with Gasteiger partial charge in [0.25, 0.3) is 0 Å². The molecule has 0 aliphatic carbocycles. The molecule has 1 atom stereocenters. The summed E-state index contributed by atoms with van der Waals surface area (Å²) in [6.45, 7) is 5.78. The third-order valence-electron chi connectivity index (χ3n) is 1.24. The minimum atomic E-state index is 0.372. The first kappa shape index (κ1) is 7.95. The van der Waals surface area contributed by atoms with Crippen molar-refractivity contribution >= 4 is 27.3 Å². The molecule has 1 aromatic heterocycles. The Labute approximate surface area is 72.9 Å². The number of hydrogen-bond acceptors (Lipinski definition) is 2. The number of nitrogens with zero attached hydrogens (tertiary/aromatic N) is 1. The number of aromatic nitrogens is 1. The maximum Gasteiger partial charge on any atom is 0.117 e. The predicted octanol–water partition coefficient (Wildman–Crippen LogP) is 3.20. The number of thiazole rings is 1. The summed E-state index contributed by atoms with van der Waals surface area (Å²) in [5.41, 5.74) is 0. The molecular weight excluding hydrogens is 210 g/mol. The molecule has 1 nitrogen and oxygen atoms in total. The summed E-state index contributed by atoms with van der Waals surface area (Å²) in [4.78, 5) is 4.25. The van der Waals surface area contributed by atoms with Gasteiger partial charge in [0.1, 0.15) is 9.61 Å². The molecule has 0 saturated heterocycles. The second-order valence-corrected chi connectivity index (χ2v) is 3.74. The van der Waals surface area contributed by atoms with Gasteiger partial charge in [-0.15, -0.1) is 17.9 Å². The predicted molar refractivity (Wildman–Crippen MR) is 48.4 cm³/mol. The van der Waals surface area contributed by atoms with E-state index in [1.807, 2.05) is 11.5 Å². The van der Waals surface area contributed by atoms with E-state index in [-0.39, 0.29) is 0 Å². The van der Waals surface area contributed by atoms with Gasteiger partial charge in [-0.1, -0.05) is 13.0 Å². The Hall–Kier alpha value is -0.150. The van der Waals surface area contributed by atoms with Crippen LogP contribution in [0.25, 0.3) is 0 Å². The summed E-state index contributed by atoms with van der Waals surface area (Å²) in [6.07, 6.45) is 1.89. The second-order valence-electron chi connectivity index (χ2n) is 2.03. The van der Waals surface area contributed by atoms with Crippen molar-refractivity contribution < 1.29 is 0 Å². The second kappa shape index (κ2) is 3.30. The highest BCUT2D eigenvalue weighted by Crippen LogP contribution is 2.22. The largest absolute Gasteiger partial charge is 0.234 e. The molecule has 0 bridgehead atoms. The zero-order valence-corrected chi connectivity index (χ0v) is 8.08. The maximum absolute atomic E-state index is 4.25. The lowest BCUT2D eigenvalue weighted by Crippen LogP contribution is -1.85. The van der Waals surface area contributed by atoms with Crippen molar-refractivity contribution in [3.63, 3.8) is 0 Å². The van der Waals surface area contributed by atoms with Crippen LogP contribution in [0.1, 0.15) is 17.8 Å². The van der Waals surface area contributed by atoms with Crippen molar-refractivity contribution in [2.45, 2.75) is 12.8 Å². The molecule has 0 fully saturated rings. The van der Waals surface area contributed by atoms with E-state index in [1.165, 1.54) is 0 Å². The lowest BCUT2D eigenvalue weighted by molar-refractivity contribution is 0.943. The monoisotopic (exact) mass is 217 g/mol. The van der Waals surface area contributed by atoms with Crippen molar-refractivity contribution in [3.05, 3.63) is 27.6 Å². The maximum atomic E-state index is 4.25. The highest BCUT2D eigenvalue weighted by Gasteiger charge is 2.04. The topological polar surface area (TPSA) is 12.9 Å². The zero-order valence-electron chi connectivity index (χ0n) is 5.67. The normalized spacial score (nSPS) is 13.0. The zero-order chi connectivity index (χ0) is 7.56.